The summed E-state index contributed by atoms with van der Waals surface area (Å²) >= 11 is 0. The number of pyridine rings is 1. The van der Waals surface area contributed by atoms with Crippen molar-refractivity contribution in [2.45, 2.75) is 20.4 Å². The van der Waals surface area contributed by atoms with E-state index in [1.807, 2.05) is 32.2 Å². The van der Waals surface area contributed by atoms with Crippen LogP contribution in [0, 0.1) is 13.8 Å². The van der Waals surface area contributed by atoms with Gasteiger partial charge in [-0.1, -0.05) is 24.3 Å². The number of fused-ring (bicyclic) bond motifs is 1. The lowest BCUT2D eigenvalue weighted by Gasteiger charge is -2.12. The molecule has 2 aromatic heterocycles. The van der Waals surface area contributed by atoms with Crippen LogP contribution in [0.2, 0.25) is 0 Å². The van der Waals surface area contributed by atoms with Crippen LogP contribution in [0.3, 0.4) is 0 Å². The highest BCUT2D eigenvalue weighted by Crippen LogP contribution is 2.20. The number of nitrogens with two attached hydrogens (primary N) is 1. The summed E-state index contributed by atoms with van der Waals surface area (Å²) < 4.78 is 0. The maximum Gasteiger partial charge on any atom is 0.135 e. The van der Waals surface area contributed by atoms with Crippen molar-refractivity contribution in [1.82, 2.24) is 15.0 Å². The summed E-state index contributed by atoms with van der Waals surface area (Å²) in [5.74, 6) is 1.95. The summed E-state index contributed by atoms with van der Waals surface area (Å²) in [6.07, 6.45) is 1.81. The molecule has 0 saturated carbocycles. The fraction of sp³-hybridized carbons (Fsp3) is 0.188. The third kappa shape index (κ3) is 2.63. The second kappa shape index (κ2) is 5.36. The zero-order valence-electron chi connectivity index (χ0n) is 12.1. The molecule has 21 heavy (non-hydrogen) atoms. The van der Waals surface area contributed by atoms with Gasteiger partial charge in [0.25, 0.3) is 0 Å². The van der Waals surface area contributed by atoms with Crippen molar-refractivity contribution in [1.29, 1.82) is 0 Å². The smallest absolute Gasteiger partial charge is 0.135 e. The quantitative estimate of drug-likeness (QED) is 0.771. The molecule has 2 heterocycles. The Morgan fingerprint density at radius 3 is 2.76 bits per heavy atom. The van der Waals surface area contributed by atoms with Gasteiger partial charge in [0.2, 0.25) is 0 Å². The molecule has 0 spiro atoms. The normalized spacial score (nSPS) is 10.8. The summed E-state index contributed by atoms with van der Waals surface area (Å²) in [5.41, 5.74) is 8.88. The number of anilines is 2. The van der Waals surface area contributed by atoms with E-state index in [0.717, 1.165) is 27.8 Å². The average molecular weight is 279 g/mol. The van der Waals surface area contributed by atoms with Crippen molar-refractivity contribution in [2.24, 2.45) is 0 Å². The van der Waals surface area contributed by atoms with Crippen LogP contribution in [-0.2, 0) is 6.54 Å². The number of aryl methyl sites for hydroxylation is 1. The summed E-state index contributed by atoms with van der Waals surface area (Å²) in [5, 5.41) is 4.46. The number of para-hydroxylation sites is 1. The molecule has 0 atom stereocenters. The lowest BCUT2D eigenvalue weighted by molar-refractivity contribution is 1.01. The molecule has 0 aliphatic carbocycles. The van der Waals surface area contributed by atoms with Gasteiger partial charge in [0.1, 0.15) is 17.5 Å². The van der Waals surface area contributed by atoms with Crippen LogP contribution in [0.15, 0.2) is 36.5 Å². The van der Waals surface area contributed by atoms with Crippen molar-refractivity contribution in [3.8, 4) is 0 Å². The first-order valence-electron chi connectivity index (χ1n) is 6.82. The van der Waals surface area contributed by atoms with Crippen molar-refractivity contribution < 1.29 is 0 Å². The number of rotatable bonds is 3. The lowest BCUT2D eigenvalue weighted by Crippen LogP contribution is -2.08. The Labute approximate surface area is 123 Å². The molecule has 5 heteroatoms. The number of hydrogen-bond acceptors (Lipinski definition) is 5. The predicted octanol–water partition coefficient (Wildman–Crippen LogP) is 2.84. The van der Waals surface area contributed by atoms with Gasteiger partial charge in [-0.3, -0.25) is 4.98 Å². The highest BCUT2D eigenvalue weighted by atomic mass is 15.1. The van der Waals surface area contributed by atoms with E-state index in [0.29, 0.717) is 18.2 Å². The van der Waals surface area contributed by atoms with E-state index in [1.54, 1.807) is 0 Å². The Balaban J connectivity index is 1.91. The predicted molar refractivity (Wildman–Crippen MR) is 85.0 cm³/mol. The second-order valence-corrected chi connectivity index (χ2v) is 4.98. The standard InChI is InChI=1S/C16H17N5/c1-10-15(17)20-11(2)21-16(10)19-9-13-6-3-5-12-7-4-8-18-14(12)13/h3-8H,9H2,1-2H3,(H3,17,19,20,21). The first kappa shape index (κ1) is 13.3. The minimum absolute atomic E-state index is 0.515. The molecule has 0 aliphatic rings. The van der Waals surface area contributed by atoms with E-state index in [9.17, 15) is 0 Å². The van der Waals surface area contributed by atoms with Crippen LogP contribution in [0.5, 0.6) is 0 Å². The van der Waals surface area contributed by atoms with Crippen molar-refractivity contribution in [3.05, 3.63) is 53.5 Å². The molecule has 1 aromatic carbocycles. The van der Waals surface area contributed by atoms with Gasteiger partial charge in [-0.2, -0.15) is 0 Å². The molecule has 3 rings (SSSR count). The van der Waals surface area contributed by atoms with Crippen LogP contribution in [0.25, 0.3) is 10.9 Å². The molecule has 0 unspecified atom stereocenters. The molecule has 106 valence electrons. The minimum atomic E-state index is 0.515. The average Bonchev–Trinajstić information content (AvgIpc) is 2.49. The van der Waals surface area contributed by atoms with Crippen molar-refractivity contribution >= 4 is 22.5 Å². The highest BCUT2D eigenvalue weighted by molar-refractivity contribution is 5.81. The van der Waals surface area contributed by atoms with E-state index in [1.165, 1.54) is 0 Å². The maximum absolute atomic E-state index is 5.88. The van der Waals surface area contributed by atoms with Gasteiger partial charge >= 0.3 is 0 Å². The summed E-state index contributed by atoms with van der Waals surface area (Å²) in [4.78, 5) is 13.0. The Bertz CT molecular complexity index is 793. The fourth-order valence-electron chi connectivity index (χ4n) is 2.31. The zero-order valence-corrected chi connectivity index (χ0v) is 12.1. The second-order valence-electron chi connectivity index (χ2n) is 4.98. The monoisotopic (exact) mass is 279 g/mol. The van der Waals surface area contributed by atoms with Crippen LogP contribution >= 0.6 is 0 Å². The SMILES string of the molecule is Cc1nc(N)c(C)c(NCc2cccc3cccnc23)n1. The molecule has 0 aliphatic heterocycles. The van der Waals surface area contributed by atoms with Crippen LogP contribution < -0.4 is 11.1 Å². The van der Waals surface area contributed by atoms with E-state index in [-0.39, 0.29) is 0 Å². The molecule has 0 amide bonds. The summed E-state index contributed by atoms with van der Waals surface area (Å²) in [6, 6.07) is 10.2. The van der Waals surface area contributed by atoms with Crippen molar-refractivity contribution in [3.63, 3.8) is 0 Å². The molecule has 3 N–H and O–H groups in total. The number of hydrogen-bond donors (Lipinski definition) is 2. The minimum Gasteiger partial charge on any atom is -0.383 e. The van der Waals surface area contributed by atoms with Crippen LogP contribution in [0.1, 0.15) is 17.0 Å². The summed E-state index contributed by atoms with van der Waals surface area (Å²) in [6.45, 7) is 4.39. The van der Waals surface area contributed by atoms with E-state index >= 15 is 0 Å². The molecular weight excluding hydrogens is 262 g/mol. The molecule has 0 saturated heterocycles. The van der Waals surface area contributed by atoms with E-state index in [4.69, 9.17) is 5.73 Å². The van der Waals surface area contributed by atoms with Gasteiger partial charge < -0.3 is 11.1 Å². The van der Waals surface area contributed by atoms with Gasteiger partial charge in [-0.05, 0) is 25.5 Å². The first-order valence-corrected chi connectivity index (χ1v) is 6.82. The van der Waals surface area contributed by atoms with Gasteiger partial charge in [0.05, 0.1) is 5.52 Å². The van der Waals surface area contributed by atoms with Gasteiger partial charge in [0, 0.05) is 23.7 Å². The largest absolute Gasteiger partial charge is 0.383 e. The van der Waals surface area contributed by atoms with Gasteiger partial charge in [-0.25, -0.2) is 9.97 Å². The zero-order chi connectivity index (χ0) is 14.8. The Kier molecular flexibility index (Phi) is 3.39. The van der Waals surface area contributed by atoms with Gasteiger partial charge in [0.15, 0.2) is 0 Å². The van der Waals surface area contributed by atoms with Crippen LogP contribution in [0.4, 0.5) is 11.6 Å². The molecule has 3 aromatic rings. The number of nitrogens with one attached hydrogen (secondary N) is 1. The third-order valence-corrected chi connectivity index (χ3v) is 3.46. The molecule has 0 radical (unpaired) electrons. The third-order valence-electron chi connectivity index (χ3n) is 3.46. The first-order chi connectivity index (χ1) is 10.1. The topological polar surface area (TPSA) is 76.7 Å². The van der Waals surface area contributed by atoms with Crippen molar-refractivity contribution in [2.75, 3.05) is 11.1 Å². The van der Waals surface area contributed by atoms with E-state index in [2.05, 4.69) is 38.5 Å². The summed E-state index contributed by atoms with van der Waals surface area (Å²) in [7, 11) is 0. The molecular formula is C16H17N5. The molecule has 0 fully saturated rings. The fourth-order valence-corrected chi connectivity index (χ4v) is 2.31. The Morgan fingerprint density at radius 2 is 1.90 bits per heavy atom. The molecule has 5 nitrogen and oxygen atoms in total. The molecule has 0 bridgehead atoms. The van der Waals surface area contributed by atoms with E-state index < -0.39 is 0 Å². The lowest BCUT2D eigenvalue weighted by atomic mass is 10.1. The van der Waals surface area contributed by atoms with Gasteiger partial charge in [-0.15, -0.1) is 0 Å². The number of benzene rings is 1. The Hall–Kier alpha value is -2.69. The van der Waals surface area contributed by atoms with Crippen LogP contribution in [-0.4, -0.2) is 15.0 Å². The number of nitrogen functional groups attached to an aromatic ring is 1. The highest BCUT2D eigenvalue weighted by Gasteiger charge is 2.07. The Morgan fingerprint density at radius 1 is 1.10 bits per heavy atom. The number of aromatic nitrogens is 3. The number of nitrogens with zero attached hydrogens (tertiary/aromatic N) is 3. The maximum atomic E-state index is 5.88.